The molecule has 1 rings (SSSR count). The van der Waals surface area contributed by atoms with Crippen LogP contribution in [0.4, 0.5) is 0 Å². The van der Waals surface area contributed by atoms with Gasteiger partial charge >= 0.3 is 7.60 Å². The Morgan fingerprint density at radius 2 is 1.75 bits per heavy atom. The maximum atomic E-state index is 12.8. The number of hydrogen-bond donors (Lipinski definition) is 1. The number of halogens is 3. The van der Waals surface area contributed by atoms with Crippen LogP contribution in [0, 0.1) is 0 Å². The summed E-state index contributed by atoms with van der Waals surface area (Å²) < 4.78 is 21.1. The van der Waals surface area contributed by atoms with Crippen molar-refractivity contribution in [1.29, 1.82) is 0 Å². The molecule has 1 N–H and O–H groups in total. The van der Waals surface area contributed by atoms with Gasteiger partial charge in [-0.1, -0.05) is 65.1 Å². The van der Waals surface area contributed by atoms with Crippen LogP contribution < -0.4 is 5.32 Å². The third-order valence-corrected chi connectivity index (χ3v) is 6.25. The van der Waals surface area contributed by atoms with Crippen molar-refractivity contribution < 1.29 is 18.4 Å². The zero-order valence-corrected chi connectivity index (χ0v) is 16.4. The quantitative estimate of drug-likeness (QED) is 0.378. The molecule has 0 spiro atoms. The van der Waals surface area contributed by atoms with Crippen molar-refractivity contribution in [2.24, 2.45) is 0 Å². The van der Waals surface area contributed by atoms with E-state index in [-0.39, 0.29) is 13.2 Å². The van der Waals surface area contributed by atoms with E-state index in [1.54, 1.807) is 19.9 Å². The molecule has 0 heterocycles. The van der Waals surface area contributed by atoms with E-state index in [4.69, 9.17) is 43.9 Å². The normalized spacial score (nSPS) is 13.9. The Kier molecular flexibility index (Phi) is 8.78. The van der Waals surface area contributed by atoms with Crippen LogP contribution in [0.5, 0.6) is 0 Å². The van der Waals surface area contributed by atoms with Gasteiger partial charge in [-0.05, 0) is 25.5 Å². The summed E-state index contributed by atoms with van der Waals surface area (Å²) in [5.41, 5.74) is 0.816. The van der Waals surface area contributed by atoms with Gasteiger partial charge in [0.05, 0.1) is 13.2 Å². The number of nitrogens with one attached hydrogen (secondary N) is 1. The SMILES string of the molecule is CCOP(=O)(OCC)C(NC(=O)C=Cc1ccccc1)C(Cl)(Cl)Cl. The third kappa shape index (κ3) is 6.75. The topological polar surface area (TPSA) is 64.6 Å². The summed E-state index contributed by atoms with van der Waals surface area (Å²) in [4.78, 5) is 12.1. The highest BCUT2D eigenvalue weighted by Crippen LogP contribution is 2.58. The van der Waals surface area contributed by atoms with Gasteiger partial charge in [-0.25, -0.2) is 0 Å². The molecule has 5 nitrogen and oxygen atoms in total. The lowest BCUT2D eigenvalue weighted by Gasteiger charge is -2.31. The van der Waals surface area contributed by atoms with Crippen molar-refractivity contribution in [2.45, 2.75) is 23.4 Å². The molecule has 9 heteroatoms. The van der Waals surface area contributed by atoms with Crippen molar-refractivity contribution in [3.8, 4) is 0 Å². The van der Waals surface area contributed by atoms with Crippen LogP contribution in [-0.2, 0) is 18.4 Å². The largest absolute Gasteiger partial charge is 0.357 e. The molecule has 1 aromatic rings. The van der Waals surface area contributed by atoms with Gasteiger partial charge in [0.2, 0.25) is 9.70 Å². The van der Waals surface area contributed by atoms with Crippen LogP contribution in [0.2, 0.25) is 0 Å². The zero-order valence-electron chi connectivity index (χ0n) is 13.2. The summed E-state index contributed by atoms with van der Waals surface area (Å²) in [6, 6.07) is 9.17. The van der Waals surface area contributed by atoms with Gasteiger partial charge in [-0.2, -0.15) is 0 Å². The molecule has 0 aliphatic rings. The standard InChI is InChI=1S/C15H19Cl3NO4P/c1-3-22-24(21,23-4-2)14(15(16,17)18)19-13(20)11-10-12-8-6-5-7-9-12/h5-11,14H,3-4H2,1-2H3,(H,19,20). The van der Waals surface area contributed by atoms with Crippen molar-refractivity contribution in [2.75, 3.05) is 13.2 Å². The Hall–Kier alpha value is -0.550. The van der Waals surface area contributed by atoms with Crippen LogP contribution in [0.25, 0.3) is 6.08 Å². The predicted octanol–water partition coefficient (Wildman–Crippen LogP) is 4.78. The summed E-state index contributed by atoms with van der Waals surface area (Å²) in [6.07, 6.45) is 2.83. The van der Waals surface area contributed by atoms with E-state index in [9.17, 15) is 9.36 Å². The maximum absolute atomic E-state index is 12.8. The molecule has 0 saturated carbocycles. The first kappa shape index (κ1) is 21.5. The molecule has 0 aliphatic heterocycles. The Labute approximate surface area is 156 Å². The lowest BCUT2D eigenvalue weighted by Crippen LogP contribution is -2.43. The fourth-order valence-corrected chi connectivity index (χ4v) is 4.78. The molecule has 1 unspecified atom stereocenters. The second-order valence-electron chi connectivity index (χ2n) is 4.57. The first-order valence-electron chi connectivity index (χ1n) is 7.22. The number of amides is 1. The average molecular weight is 415 g/mol. The summed E-state index contributed by atoms with van der Waals surface area (Å²) in [5, 5.41) is 2.40. The summed E-state index contributed by atoms with van der Waals surface area (Å²) in [6.45, 7) is 3.39. The minimum atomic E-state index is -3.86. The first-order chi connectivity index (χ1) is 11.2. The first-order valence-corrected chi connectivity index (χ1v) is 9.96. The number of alkyl halides is 3. The van der Waals surface area contributed by atoms with Crippen LogP contribution in [-0.4, -0.2) is 28.7 Å². The molecule has 1 atom stereocenters. The summed E-state index contributed by atoms with van der Waals surface area (Å²) in [7, 11) is -3.86. The van der Waals surface area contributed by atoms with E-state index in [1.807, 2.05) is 30.3 Å². The molecular formula is C15H19Cl3NO4P. The highest BCUT2D eigenvalue weighted by molar-refractivity contribution is 7.55. The van der Waals surface area contributed by atoms with Gasteiger partial charge < -0.3 is 14.4 Å². The Morgan fingerprint density at radius 1 is 1.21 bits per heavy atom. The molecule has 24 heavy (non-hydrogen) atoms. The molecule has 0 aliphatic carbocycles. The van der Waals surface area contributed by atoms with Crippen molar-refractivity contribution in [3.63, 3.8) is 0 Å². The lowest BCUT2D eigenvalue weighted by atomic mass is 10.2. The number of benzene rings is 1. The maximum Gasteiger partial charge on any atom is 0.357 e. The van der Waals surface area contributed by atoms with Crippen LogP contribution in [0.15, 0.2) is 36.4 Å². The van der Waals surface area contributed by atoms with E-state index in [0.717, 1.165) is 5.56 Å². The fourth-order valence-electron chi connectivity index (χ4n) is 1.81. The Balaban J connectivity index is 2.95. The highest BCUT2D eigenvalue weighted by atomic mass is 35.6. The fraction of sp³-hybridized carbons (Fsp3) is 0.400. The Bertz CT molecular complexity index is 594. The smallest absolute Gasteiger partial charge is 0.335 e. The van der Waals surface area contributed by atoms with Crippen molar-refractivity contribution in [3.05, 3.63) is 42.0 Å². The van der Waals surface area contributed by atoms with E-state index in [1.165, 1.54) is 6.08 Å². The molecule has 1 aromatic carbocycles. The van der Waals surface area contributed by atoms with Gasteiger partial charge in [-0.3, -0.25) is 9.36 Å². The average Bonchev–Trinajstić information content (AvgIpc) is 2.51. The number of rotatable bonds is 8. The molecular weight excluding hydrogens is 396 g/mol. The molecule has 0 bridgehead atoms. The van der Waals surface area contributed by atoms with E-state index in [2.05, 4.69) is 5.32 Å². The molecule has 134 valence electrons. The van der Waals surface area contributed by atoms with Gasteiger partial charge in [0.25, 0.3) is 0 Å². The van der Waals surface area contributed by atoms with Crippen LogP contribution >= 0.6 is 42.4 Å². The number of carbonyl (C=O) groups excluding carboxylic acids is 1. The molecule has 0 radical (unpaired) electrons. The van der Waals surface area contributed by atoms with E-state index >= 15 is 0 Å². The minimum absolute atomic E-state index is 0.0737. The van der Waals surface area contributed by atoms with E-state index in [0.29, 0.717) is 0 Å². The zero-order chi connectivity index (χ0) is 18.2. The number of carbonyl (C=O) groups is 1. The van der Waals surface area contributed by atoms with Crippen molar-refractivity contribution in [1.82, 2.24) is 5.32 Å². The van der Waals surface area contributed by atoms with Crippen molar-refractivity contribution >= 4 is 54.4 Å². The molecule has 0 fully saturated rings. The highest BCUT2D eigenvalue weighted by Gasteiger charge is 2.49. The minimum Gasteiger partial charge on any atom is -0.335 e. The van der Waals surface area contributed by atoms with Gasteiger partial charge in [0, 0.05) is 6.08 Å². The van der Waals surface area contributed by atoms with Gasteiger partial charge in [0.15, 0.2) is 5.78 Å². The summed E-state index contributed by atoms with van der Waals surface area (Å²) >= 11 is 17.6. The van der Waals surface area contributed by atoms with E-state index < -0.39 is 23.1 Å². The van der Waals surface area contributed by atoms with Gasteiger partial charge in [0.1, 0.15) is 0 Å². The predicted molar refractivity (Wildman–Crippen MR) is 98.6 cm³/mol. The van der Waals surface area contributed by atoms with Crippen LogP contribution in [0.1, 0.15) is 19.4 Å². The molecule has 0 saturated heterocycles. The molecule has 1 amide bonds. The molecule has 0 aromatic heterocycles. The Morgan fingerprint density at radius 3 is 2.21 bits per heavy atom. The van der Waals surface area contributed by atoms with Gasteiger partial charge in [-0.15, -0.1) is 0 Å². The second kappa shape index (κ2) is 9.81. The van der Waals surface area contributed by atoms with Crippen LogP contribution in [0.3, 0.4) is 0 Å². The third-order valence-electron chi connectivity index (χ3n) is 2.75. The number of hydrogen-bond acceptors (Lipinski definition) is 4. The second-order valence-corrected chi connectivity index (χ2v) is 9.05. The lowest BCUT2D eigenvalue weighted by molar-refractivity contribution is -0.116. The monoisotopic (exact) mass is 413 g/mol. The summed E-state index contributed by atoms with van der Waals surface area (Å²) in [5.74, 6) is -2.03.